The van der Waals surface area contributed by atoms with Gasteiger partial charge in [0.25, 0.3) is 5.91 Å². The Hall–Kier alpha value is -1.88. The summed E-state index contributed by atoms with van der Waals surface area (Å²) >= 11 is 0. The Labute approximate surface area is 150 Å². The minimum absolute atomic E-state index is 0.00287. The van der Waals surface area contributed by atoms with Gasteiger partial charge in [-0.1, -0.05) is 18.9 Å². The number of benzene rings is 1. The van der Waals surface area contributed by atoms with E-state index in [4.69, 9.17) is 0 Å². The second-order valence-electron chi connectivity index (χ2n) is 7.51. The molecule has 2 N–H and O–H groups in total. The smallest absolute Gasteiger partial charge is 0.251 e. The second-order valence-corrected chi connectivity index (χ2v) is 7.51. The first-order valence-electron chi connectivity index (χ1n) is 9.51. The molecule has 136 valence electrons. The van der Waals surface area contributed by atoms with Gasteiger partial charge in [0, 0.05) is 24.3 Å². The summed E-state index contributed by atoms with van der Waals surface area (Å²) in [5, 5.41) is 5.72. The largest absolute Gasteiger partial charge is 0.352 e. The molecule has 1 saturated carbocycles. The summed E-state index contributed by atoms with van der Waals surface area (Å²) < 4.78 is 0. The fraction of sp³-hybridized carbons (Fsp3) is 0.600. The van der Waals surface area contributed by atoms with Gasteiger partial charge >= 0.3 is 0 Å². The third kappa shape index (κ3) is 4.60. The summed E-state index contributed by atoms with van der Waals surface area (Å²) in [5.41, 5.74) is 1.72. The van der Waals surface area contributed by atoms with Gasteiger partial charge in [-0.15, -0.1) is 0 Å². The lowest BCUT2D eigenvalue weighted by molar-refractivity contribution is -0.118. The molecule has 1 aromatic rings. The molecule has 0 atom stereocenters. The molecule has 2 fully saturated rings. The van der Waals surface area contributed by atoms with Gasteiger partial charge in [0.1, 0.15) is 0 Å². The number of piperidine rings is 1. The lowest BCUT2D eigenvalue weighted by Gasteiger charge is -2.40. The van der Waals surface area contributed by atoms with Gasteiger partial charge in [-0.2, -0.15) is 0 Å². The van der Waals surface area contributed by atoms with Crippen molar-refractivity contribution in [2.45, 2.75) is 45.4 Å². The van der Waals surface area contributed by atoms with Crippen LogP contribution in [0.25, 0.3) is 0 Å². The predicted octanol–water partition coefficient (Wildman–Crippen LogP) is 3.03. The maximum Gasteiger partial charge on any atom is 0.251 e. The van der Waals surface area contributed by atoms with Gasteiger partial charge in [-0.3, -0.25) is 14.5 Å². The Bertz CT molecular complexity index is 623. The standard InChI is InChI=1S/C20H29N3O2/c1-2-21-19(25)16-7-5-8-17(13-16)22-18(24)14-23-12-6-11-20(15-23)9-3-4-10-20/h5,7-8,13H,2-4,6,9-12,14-15H2,1H3,(H,21,25)(H,22,24). The summed E-state index contributed by atoms with van der Waals surface area (Å²) in [6, 6.07) is 7.12. The van der Waals surface area contributed by atoms with E-state index in [1.165, 1.54) is 38.5 Å². The van der Waals surface area contributed by atoms with Crippen molar-refractivity contribution in [2.75, 3.05) is 31.5 Å². The molecule has 0 unspecified atom stereocenters. The number of amides is 2. The first-order valence-corrected chi connectivity index (χ1v) is 9.51. The number of hydrogen-bond donors (Lipinski definition) is 2. The number of nitrogens with zero attached hydrogens (tertiary/aromatic N) is 1. The molecule has 5 nitrogen and oxygen atoms in total. The highest BCUT2D eigenvalue weighted by Gasteiger charge is 2.38. The lowest BCUT2D eigenvalue weighted by Crippen LogP contribution is -2.45. The Kier molecular flexibility index (Phi) is 5.74. The highest BCUT2D eigenvalue weighted by molar-refractivity contribution is 5.97. The minimum atomic E-state index is -0.113. The van der Waals surface area contributed by atoms with Crippen LogP contribution in [0.3, 0.4) is 0 Å². The van der Waals surface area contributed by atoms with Crippen LogP contribution in [-0.4, -0.2) is 42.9 Å². The van der Waals surface area contributed by atoms with Crippen molar-refractivity contribution >= 4 is 17.5 Å². The van der Waals surface area contributed by atoms with E-state index in [1.807, 2.05) is 13.0 Å². The summed E-state index contributed by atoms with van der Waals surface area (Å²) in [6.45, 7) is 4.98. The van der Waals surface area contributed by atoms with Crippen LogP contribution in [0.4, 0.5) is 5.69 Å². The lowest BCUT2D eigenvalue weighted by atomic mass is 9.78. The SMILES string of the molecule is CCNC(=O)c1cccc(NC(=O)CN2CCCC3(CCCC3)C2)c1. The molecule has 1 saturated heterocycles. The average Bonchev–Trinajstić information content (AvgIpc) is 3.03. The van der Waals surface area contributed by atoms with E-state index in [0.29, 0.717) is 29.8 Å². The van der Waals surface area contributed by atoms with E-state index in [1.54, 1.807) is 18.2 Å². The Morgan fingerprint density at radius 1 is 1.16 bits per heavy atom. The highest BCUT2D eigenvalue weighted by atomic mass is 16.2. The summed E-state index contributed by atoms with van der Waals surface area (Å²) in [5.74, 6) is -0.110. The van der Waals surface area contributed by atoms with Crippen molar-refractivity contribution in [1.82, 2.24) is 10.2 Å². The Balaban J connectivity index is 1.55. The van der Waals surface area contributed by atoms with E-state index in [9.17, 15) is 9.59 Å². The first kappa shape index (κ1) is 17.9. The molecule has 1 spiro atoms. The molecule has 0 bridgehead atoms. The third-order valence-corrected chi connectivity index (χ3v) is 5.52. The van der Waals surface area contributed by atoms with Gasteiger partial charge in [-0.05, 0) is 62.8 Å². The van der Waals surface area contributed by atoms with E-state index >= 15 is 0 Å². The molecule has 5 heteroatoms. The number of likely N-dealkylation sites (tertiary alicyclic amines) is 1. The average molecular weight is 343 g/mol. The molecular weight excluding hydrogens is 314 g/mol. The molecule has 0 aromatic heterocycles. The normalized spacial score (nSPS) is 19.7. The monoisotopic (exact) mass is 343 g/mol. The maximum absolute atomic E-state index is 12.4. The predicted molar refractivity (Wildman–Crippen MR) is 99.7 cm³/mol. The molecule has 1 aliphatic carbocycles. The molecule has 0 radical (unpaired) electrons. The summed E-state index contributed by atoms with van der Waals surface area (Å²) in [7, 11) is 0. The number of carbonyl (C=O) groups is 2. The van der Waals surface area contributed by atoms with E-state index in [2.05, 4.69) is 15.5 Å². The van der Waals surface area contributed by atoms with Crippen LogP contribution in [0.15, 0.2) is 24.3 Å². The highest BCUT2D eigenvalue weighted by Crippen LogP contribution is 2.44. The van der Waals surface area contributed by atoms with Gasteiger partial charge in [-0.25, -0.2) is 0 Å². The van der Waals surface area contributed by atoms with Crippen molar-refractivity contribution in [3.8, 4) is 0 Å². The molecule has 25 heavy (non-hydrogen) atoms. The number of nitrogens with one attached hydrogen (secondary N) is 2. The molecule has 3 rings (SSSR count). The molecule has 1 heterocycles. The van der Waals surface area contributed by atoms with Crippen molar-refractivity contribution in [3.05, 3.63) is 29.8 Å². The van der Waals surface area contributed by atoms with Crippen LogP contribution >= 0.6 is 0 Å². The second kappa shape index (κ2) is 8.00. The van der Waals surface area contributed by atoms with Crippen LogP contribution in [-0.2, 0) is 4.79 Å². The third-order valence-electron chi connectivity index (χ3n) is 5.52. The zero-order valence-corrected chi connectivity index (χ0v) is 15.1. The topological polar surface area (TPSA) is 61.4 Å². The summed E-state index contributed by atoms with van der Waals surface area (Å²) in [4.78, 5) is 26.7. The summed E-state index contributed by atoms with van der Waals surface area (Å²) in [6.07, 6.45) is 7.83. The Morgan fingerprint density at radius 3 is 2.68 bits per heavy atom. The van der Waals surface area contributed by atoms with Gasteiger partial charge in [0.05, 0.1) is 6.54 Å². The number of hydrogen-bond acceptors (Lipinski definition) is 3. The van der Waals surface area contributed by atoms with Gasteiger partial charge < -0.3 is 10.6 Å². The molecular formula is C20H29N3O2. The van der Waals surface area contributed by atoms with Crippen LogP contribution in [0, 0.1) is 5.41 Å². The van der Waals surface area contributed by atoms with Crippen LogP contribution < -0.4 is 10.6 Å². The molecule has 1 aliphatic heterocycles. The molecule has 2 aliphatic rings. The van der Waals surface area contributed by atoms with Gasteiger partial charge in [0.15, 0.2) is 0 Å². The van der Waals surface area contributed by atoms with Gasteiger partial charge in [0.2, 0.25) is 5.91 Å². The van der Waals surface area contributed by atoms with Crippen LogP contribution in [0.1, 0.15) is 55.8 Å². The molecule has 1 aromatic carbocycles. The van der Waals surface area contributed by atoms with Crippen molar-refractivity contribution in [2.24, 2.45) is 5.41 Å². The van der Waals surface area contributed by atoms with Crippen molar-refractivity contribution in [1.29, 1.82) is 0 Å². The zero-order valence-electron chi connectivity index (χ0n) is 15.1. The van der Waals surface area contributed by atoms with E-state index < -0.39 is 0 Å². The van der Waals surface area contributed by atoms with Crippen LogP contribution in [0.2, 0.25) is 0 Å². The number of carbonyl (C=O) groups excluding carboxylic acids is 2. The minimum Gasteiger partial charge on any atom is -0.352 e. The van der Waals surface area contributed by atoms with Crippen molar-refractivity contribution in [3.63, 3.8) is 0 Å². The fourth-order valence-corrected chi connectivity index (χ4v) is 4.38. The number of anilines is 1. The quantitative estimate of drug-likeness (QED) is 0.864. The first-order chi connectivity index (χ1) is 12.1. The Morgan fingerprint density at radius 2 is 1.92 bits per heavy atom. The fourth-order valence-electron chi connectivity index (χ4n) is 4.38. The van der Waals surface area contributed by atoms with Crippen LogP contribution in [0.5, 0.6) is 0 Å². The molecule has 2 amide bonds. The van der Waals surface area contributed by atoms with E-state index in [0.717, 1.165) is 13.1 Å². The maximum atomic E-state index is 12.4. The number of rotatable bonds is 5. The van der Waals surface area contributed by atoms with E-state index in [-0.39, 0.29) is 11.8 Å². The zero-order chi connectivity index (χ0) is 17.7. The van der Waals surface area contributed by atoms with Crippen molar-refractivity contribution < 1.29 is 9.59 Å².